The van der Waals surface area contributed by atoms with Gasteiger partial charge in [-0.05, 0) is 25.9 Å². The molecule has 16 heteroatoms. The molecule has 1 aliphatic heterocycles. The largest absolute Gasteiger partial charge is 0.417 e. The maximum atomic E-state index is 13.4. The van der Waals surface area contributed by atoms with Crippen molar-refractivity contribution >= 4 is 0 Å². The van der Waals surface area contributed by atoms with Crippen molar-refractivity contribution in [2.45, 2.75) is 24.6 Å². The molecule has 1 aliphatic rings. The molecular formula is C29H56F3NO12. The molecule has 45 heavy (non-hydrogen) atoms. The summed E-state index contributed by atoms with van der Waals surface area (Å²) < 4.78 is 104. The zero-order chi connectivity index (χ0) is 32.6. The first-order chi connectivity index (χ1) is 22.0. The van der Waals surface area contributed by atoms with Crippen LogP contribution in [0.25, 0.3) is 0 Å². The summed E-state index contributed by atoms with van der Waals surface area (Å²) in [5.41, 5.74) is -2.08. The molecule has 1 rings (SSSR count). The van der Waals surface area contributed by atoms with Crippen LogP contribution in [0, 0.1) is 0 Å². The van der Waals surface area contributed by atoms with Crippen molar-refractivity contribution < 1.29 is 70.0 Å². The van der Waals surface area contributed by atoms with Gasteiger partial charge in [-0.2, -0.15) is 13.2 Å². The summed E-state index contributed by atoms with van der Waals surface area (Å²) in [6.07, 6.45) is -4.56. The molecule has 0 saturated carbocycles. The van der Waals surface area contributed by atoms with E-state index in [-0.39, 0.29) is 45.8 Å². The minimum absolute atomic E-state index is 0.0799. The SMILES string of the molecule is COCCOCCOCCOCCOCCOCCOCCOCCOCCOCCOCCOC1(C(F)(F)F)CCNCC1. The van der Waals surface area contributed by atoms with Gasteiger partial charge in [-0.25, -0.2) is 0 Å². The fraction of sp³-hybridized carbons (Fsp3) is 1.00. The van der Waals surface area contributed by atoms with Gasteiger partial charge >= 0.3 is 6.18 Å². The lowest BCUT2D eigenvalue weighted by Crippen LogP contribution is -2.54. The molecule has 1 saturated heterocycles. The van der Waals surface area contributed by atoms with Crippen LogP contribution >= 0.6 is 0 Å². The lowest BCUT2D eigenvalue weighted by Gasteiger charge is -2.38. The van der Waals surface area contributed by atoms with Gasteiger partial charge in [0.1, 0.15) is 0 Å². The summed E-state index contributed by atoms with van der Waals surface area (Å²) in [5, 5.41) is 2.92. The third-order valence-corrected chi connectivity index (χ3v) is 6.31. The van der Waals surface area contributed by atoms with Crippen LogP contribution in [-0.2, 0) is 56.8 Å². The second-order valence-corrected chi connectivity index (χ2v) is 9.71. The number of ether oxygens (including phenoxy) is 12. The quantitative estimate of drug-likeness (QED) is 0.0999. The van der Waals surface area contributed by atoms with Crippen LogP contribution in [0.2, 0.25) is 0 Å². The number of rotatable bonds is 34. The van der Waals surface area contributed by atoms with Gasteiger partial charge in [0.05, 0.1) is 145 Å². The van der Waals surface area contributed by atoms with E-state index in [9.17, 15) is 13.2 Å². The molecular weight excluding hydrogens is 611 g/mol. The van der Waals surface area contributed by atoms with E-state index in [2.05, 4.69) is 5.32 Å². The van der Waals surface area contributed by atoms with Crippen molar-refractivity contribution in [1.29, 1.82) is 0 Å². The zero-order valence-electron chi connectivity index (χ0n) is 26.9. The Morgan fingerprint density at radius 2 is 0.667 bits per heavy atom. The van der Waals surface area contributed by atoms with E-state index >= 15 is 0 Å². The van der Waals surface area contributed by atoms with Crippen molar-refractivity contribution in [1.82, 2.24) is 5.32 Å². The Morgan fingerprint density at radius 3 is 0.911 bits per heavy atom. The Labute approximate surface area is 265 Å². The first-order valence-electron chi connectivity index (χ1n) is 15.7. The molecule has 0 atom stereocenters. The van der Waals surface area contributed by atoms with Crippen LogP contribution < -0.4 is 5.32 Å². The molecule has 0 amide bonds. The van der Waals surface area contributed by atoms with Gasteiger partial charge in [0.15, 0.2) is 5.60 Å². The summed E-state index contributed by atoms with van der Waals surface area (Å²) in [7, 11) is 1.64. The van der Waals surface area contributed by atoms with E-state index in [4.69, 9.17) is 56.8 Å². The Balaban J connectivity index is 1.69. The Bertz CT molecular complexity index is 620. The van der Waals surface area contributed by atoms with Gasteiger partial charge in [-0.1, -0.05) is 0 Å². The van der Waals surface area contributed by atoms with Crippen molar-refractivity contribution in [3.05, 3.63) is 0 Å². The van der Waals surface area contributed by atoms with Crippen molar-refractivity contribution in [2.24, 2.45) is 0 Å². The highest BCUT2D eigenvalue weighted by molar-refractivity contribution is 4.93. The highest BCUT2D eigenvalue weighted by Gasteiger charge is 2.56. The third kappa shape index (κ3) is 25.0. The van der Waals surface area contributed by atoms with E-state index in [0.29, 0.717) is 126 Å². The molecule has 0 aromatic heterocycles. The fourth-order valence-corrected chi connectivity index (χ4v) is 3.86. The second-order valence-electron chi connectivity index (χ2n) is 9.71. The van der Waals surface area contributed by atoms with Crippen molar-refractivity contribution in [3.63, 3.8) is 0 Å². The van der Waals surface area contributed by atoms with E-state index in [0.717, 1.165) is 0 Å². The molecule has 0 aromatic carbocycles. The number of halogens is 3. The number of nitrogens with one attached hydrogen (secondary N) is 1. The molecule has 0 bridgehead atoms. The Morgan fingerprint density at radius 1 is 0.422 bits per heavy atom. The number of alkyl halides is 3. The summed E-state index contributed by atoms with van der Waals surface area (Å²) in [5.74, 6) is 0. The van der Waals surface area contributed by atoms with Crippen molar-refractivity contribution in [3.8, 4) is 0 Å². The summed E-state index contributed by atoms with van der Waals surface area (Å²) in [6, 6.07) is 0. The van der Waals surface area contributed by atoms with Crippen LogP contribution in [0.5, 0.6) is 0 Å². The second kappa shape index (κ2) is 30.6. The molecule has 1 heterocycles. The van der Waals surface area contributed by atoms with E-state index in [1.807, 2.05) is 0 Å². The number of hydrogen-bond acceptors (Lipinski definition) is 13. The monoisotopic (exact) mass is 667 g/mol. The maximum Gasteiger partial charge on any atom is 0.417 e. The van der Waals surface area contributed by atoms with E-state index in [1.54, 1.807) is 7.11 Å². The topological polar surface area (TPSA) is 123 Å². The number of piperidine rings is 1. The standard InChI is InChI=1S/C29H56F3NO12/c1-34-6-7-35-8-9-36-10-11-37-12-13-38-14-15-39-16-17-40-18-19-41-20-21-42-22-23-43-24-25-44-26-27-45-28(29(30,31)32)2-4-33-5-3-28/h33H,2-27H2,1H3. The summed E-state index contributed by atoms with van der Waals surface area (Å²) in [6.45, 7) is 9.90. The third-order valence-electron chi connectivity index (χ3n) is 6.31. The molecule has 0 unspecified atom stereocenters. The van der Waals surface area contributed by atoms with E-state index in [1.165, 1.54) is 0 Å². The Kier molecular flexibility index (Phi) is 28.8. The highest BCUT2D eigenvalue weighted by Crippen LogP contribution is 2.40. The lowest BCUT2D eigenvalue weighted by atomic mass is 9.91. The van der Waals surface area contributed by atoms with Crippen molar-refractivity contribution in [2.75, 3.05) is 166 Å². The van der Waals surface area contributed by atoms with Crippen LogP contribution in [0.1, 0.15) is 12.8 Å². The van der Waals surface area contributed by atoms with Crippen LogP contribution in [0.15, 0.2) is 0 Å². The first kappa shape index (κ1) is 42.3. The van der Waals surface area contributed by atoms with Gasteiger partial charge in [0, 0.05) is 7.11 Å². The van der Waals surface area contributed by atoms with Crippen LogP contribution in [-0.4, -0.2) is 177 Å². The fourth-order valence-electron chi connectivity index (χ4n) is 3.86. The molecule has 1 N–H and O–H groups in total. The molecule has 0 radical (unpaired) electrons. The minimum atomic E-state index is -4.39. The Hall–Kier alpha value is -0.730. The van der Waals surface area contributed by atoms with Gasteiger partial charge < -0.3 is 62.2 Å². The zero-order valence-corrected chi connectivity index (χ0v) is 26.9. The normalized spacial score (nSPS) is 15.2. The molecule has 1 fully saturated rings. The van der Waals surface area contributed by atoms with E-state index < -0.39 is 11.8 Å². The predicted molar refractivity (Wildman–Crippen MR) is 157 cm³/mol. The first-order valence-corrected chi connectivity index (χ1v) is 15.7. The average Bonchev–Trinajstić information content (AvgIpc) is 3.03. The number of hydrogen-bond donors (Lipinski definition) is 1. The highest BCUT2D eigenvalue weighted by atomic mass is 19.4. The molecule has 0 spiro atoms. The van der Waals surface area contributed by atoms with Crippen LogP contribution in [0.3, 0.4) is 0 Å². The minimum Gasteiger partial charge on any atom is -0.382 e. The number of methoxy groups -OCH3 is 1. The van der Waals surface area contributed by atoms with Gasteiger partial charge in [0.25, 0.3) is 0 Å². The smallest absolute Gasteiger partial charge is 0.382 e. The van der Waals surface area contributed by atoms with Crippen LogP contribution in [0.4, 0.5) is 13.2 Å². The molecule has 13 nitrogen and oxygen atoms in total. The summed E-state index contributed by atoms with van der Waals surface area (Å²) >= 11 is 0. The van der Waals surface area contributed by atoms with Gasteiger partial charge in [0.2, 0.25) is 0 Å². The molecule has 0 aliphatic carbocycles. The van der Waals surface area contributed by atoms with Gasteiger partial charge in [-0.15, -0.1) is 0 Å². The predicted octanol–water partition coefficient (Wildman–Crippen LogP) is 1.50. The average molecular weight is 668 g/mol. The van der Waals surface area contributed by atoms with Gasteiger partial charge in [-0.3, -0.25) is 0 Å². The summed E-state index contributed by atoms with van der Waals surface area (Å²) in [4.78, 5) is 0. The lowest BCUT2D eigenvalue weighted by molar-refractivity contribution is -0.287. The molecule has 0 aromatic rings. The molecule has 270 valence electrons. The maximum absolute atomic E-state index is 13.4.